The van der Waals surface area contributed by atoms with E-state index in [0.717, 1.165) is 0 Å². The third-order valence-corrected chi connectivity index (χ3v) is 6.37. The summed E-state index contributed by atoms with van der Waals surface area (Å²) in [5, 5.41) is 0. The van der Waals surface area contributed by atoms with Gasteiger partial charge < -0.3 is 9.80 Å². The molecule has 23 heavy (non-hydrogen) atoms. The predicted octanol–water partition coefficient (Wildman–Crippen LogP) is 4.38. The topological polar surface area (TPSA) is 6.48 Å². The molecule has 0 N–H and O–H groups in total. The van der Waals surface area contributed by atoms with Crippen molar-refractivity contribution in [2.24, 2.45) is 0 Å². The van der Waals surface area contributed by atoms with E-state index in [2.05, 4.69) is 73.3 Å². The van der Waals surface area contributed by atoms with Crippen LogP contribution < -0.4 is 4.90 Å². The van der Waals surface area contributed by atoms with Crippen molar-refractivity contribution in [2.75, 3.05) is 32.1 Å². The van der Waals surface area contributed by atoms with E-state index in [1.54, 1.807) is 5.56 Å². The monoisotopic (exact) mass is 324 g/mol. The summed E-state index contributed by atoms with van der Waals surface area (Å²) in [6.45, 7) is 4.53. The van der Waals surface area contributed by atoms with Crippen LogP contribution in [0.2, 0.25) is 0 Å². The quantitative estimate of drug-likeness (QED) is 0.809. The molecular weight excluding hydrogens is 300 g/mol. The van der Waals surface area contributed by atoms with Gasteiger partial charge in [0.25, 0.3) is 0 Å². The number of aryl methyl sites for hydroxylation is 1. The van der Waals surface area contributed by atoms with E-state index in [0.29, 0.717) is 12.0 Å². The fourth-order valence-corrected chi connectivity index (χ4v) is 5.10. The summed E-state index contributed by atoms with van der Waals surface area (Å²) in [4.78, 5) is 7.74. The Morgan fingerprint density at radius 1 is 1.04 bits per heavy atom. The molecule has 1 saturated heterocycles. The van der Waals surface area contributed by atoms with Crippen LogP contribution in [0.25, 0.3) is 0 Å². The molecule has 0 aliphatic carbocycles. The van der Waals surface area contributed by atoms with Gasteiger partial charge in [-0.25, -0.2) is 0 Å². The van der Waals surface area contributed by atoms with E-state index >= 15 is 0 Å². The van der Waals surface area contributed by atoms with Crippen molar-refractivity contribution in [2.45, 2.75) is 35.1 Å². The Kier molecular flexibility index (Phi) is 3.86. The average molecular weight is 324 g/mol. The van der Waals surface area contributed by atoms with E-state index in [4.69, 9.17) is 0 Å². The second kappa shape index (κ2) is 5.88. The Hall–Kier alpha value is -1.45. The summed E-state index contributed by atoms with van der Waals surface area (Å²) in [7, 11) is 4.53. The van der Waals surface area contributed by atoms with Crippen LogP contribution in [0.3, 0.4) is 0 Å². The fraction of sp³-hybridized carbons (Fsp3) is 0.400. The molecule has 0 spiro atoms. The van der Waals surface area contributed by atoms with Crippen LogP contribution in [0.15, 0.2) is 52.3 Å². The first-order chi connectivity index (χ1) is 11.1. The molecule has 0 radical (unpaired) electrons. The maximum atomic E-state index is 2.55. The summed E-state index contributed by atoms with van der Waals surface area (Å²) in [5.74, 6) is 0.660. The van der Waals surface area contributed by atoms with Crippen molar-refractivity contribution in [1.82, 2.24) is 4.90 Å². The van der Waals surface area contributed by atoms with Gasteiger partial charge in [-0.1, -0.05) is 41.6 Å². The standard InChI is InChI=1S/C20H24N2S/c1-14-7-9-15(10-8-14)23-19-6-4-5-16-17-13-21(2)12-11-18(17)22(3)20(16)19/h4-10,17-18H,11-13H2,1-3H3/t17-,18-/m0/s1. The van der Waals surface area contributed by atoms with Crippen molar-refractivity contribution < 1.29 is 0 Å². The van der Waals surface area contributed by atoms with Crippen LogP contribution in [0.5, 0.6) is 0 Å². The van der Waals surface area contributed by atoms with Crippen molar-refractivity contribution in [3.63, 3.8) is 0 Å². The van der Waals surface area contributed by atoms with Gasteiger partial charge in [-0.3, -0.25) is 0 Å². The smallest absolute Gasteiger partial charge is 0.0544 e. The van der Waals surface area contributed by atoms with Crippen LogP contribution in [0, 0.1) is 6.92 Å². The molecule has 0 amide bonds. The average Bonchev–Trinajstić information content (AvgIpc) is 2.83. The highest BCUT2D eigenvalue weighted by Crippen LogP contribution is 2.49. The number of piperidine rings is 1. The minimum Gasteiger partial charge on any atom is -0.370 e. The number of hydrogen-bond donors (Lipinski definition) is 0. The Balaban J connectivity index is 1.70. The first-order valence-electron chi connectivity index (χ1n) is 8.42. The van der Waals surface area contributed by atoms with Gasteiger partial charge in [-0.2, -0.15) is 0 Å². The zero-order valence-corrected chi connectivity index (χ0v) is 14.9. The molecule has 2 heterocycles. The number of para-hydroxylation sites is 1. The van der Waals surface area contributed by atoms with E-state index in [-0.39, 0.29) is 0 Å². The number of likely N-dealkylation sites (tertiary alicyclic amines) is 1. The van der Waals surface area contributed by atoms with Gasteiger partial charge in [0.2, 0.25) is 0 Å². The first kappa shape index (κ1) is 15.1. The van der Waals surface area contributed by atoms with E-state index in [1.165, 1.54) is 40.6 Å². The van der Waals surface area contributed by atoms with Gasteiger partial charge in [0.1, 0.15) is 0 Å². The van der Waals surface area contributed by atoms with E-state index in [1.807, 2.05) is 11.8 Å². The molecule has 2 aromatic rings. The summed E-state index contributed by atoms with van der Waals surface area (Å²) in [5.41, 5.74) is 4.32. The zero-order valence-electron chi connectivity index (χ0n) is 14.1. The van der Waals surface area contributed by atoms with Crippen molar-refractivity contribution in [3.05, 3.63) is 53.6 Å². The lowest BCUT2D eigenvalue weighted by atomic mass is 9.89. The molecule has 2 aromatic carbocycles. The normalized spacial score (nSPS) is 23.7. The summed E-state index contributed by atoms with van der Waals surface area (Å²) >= 11 is 1.90. The number of anilines is 1. The van der Waals surface area contributed by atoms with Gasteiger partial charge in [-0.15, -0.1) is 0 Å². The molecule has 2 aliphatic heterocycles. The van der Waals surface area contributed by atoms with Crippen LogP contribution >= 0.6 is 11.8 Å². The van der Waals surface area contributed by atoms with Crippen LogP contribution in [0.4, 0.5) is 5.69 Å². The molecule has 120 valence electrons. The molecule has 0 unspecified atom stereocenters. The molecule has 0 bridgehead atoms. The third-order valence-electron chi connectivity index (χ3n) is 5.31. The molecule has 0 aromatic heterocycles. The number of nitrogens with zero attached hydrogens (tertiary/aromatic N) is 2. The molecule has 2 nitrogen and oxygen atoms in total. The lowest BCUT2D eigenvalue weighted by Gasteiger charge is -2.35. The van der Waals surface area contributed by atoms with Gasteiger partial charge >= 0.3 is 0 Å². The maximum Gasteiger partial charge on any atom is 0.0544 e. The maximum absolute atomic E-state index is 2.55. The van der Waals surface area contributed by atoms with Crippen LogP contribution in [0.1, 0.15) is 23.5 Å². The van der Waals surface area contributed by atoms with Gasteiger partial charge in [0.15, 0.2) is 0 Å². The second-order valence-electron chi connectivity index (χ2n) is 6.94. The summed E-state index contributed by atoms with van der Waals surface area (Å²) in [6, 6.07) is 16.4. The van der Waals surface area contributed by atoms with Crippen molar-refractivity contribution >= 4 is 17.4 Å². The molecule has 4 rings (SSSR count). The second-order valence-corrected chi connectivity index (χ2v) is 8.06. The number of benzene rings is 2. The number of likely N-dealkylation sites (N-methyl/N-ethyl adjacent to an activating group) is 2. The Bertz CT molecular complexity index is 710. The lowest BCUT2D eigenvalue weighted by molar-refractivity contribution is 0.234. The number of hydrogen-bond acceptors (Lipinski definition) is 3. The van der Waals surface area contributed by atoms with Gasteiger partial charge in [0, 0.05) is 35.3 Å². The largest absolute Gasteiger partial charge is 0.370 e. The van der Waals surface area contributed by atoms with E-state index < -0.39 is 0 Å². The van der Waals surface area contributed by atoms with Gasteiger partial charge in [-0.05, 0) is 50.7 Å². The molecule has 1 fully saturated rings. The molecule has 2 aliphatic rings. The molecule has 0 saturated carbocycles. The van der Waals surface area contributed by atoms with Crippen LogP contribution in [-0.2, 0) is 0 Å². The third kappa shape index (κ3) is 2.66. The Morgan fingerprint density at radius 3 is 2.61 bits per heavy atom. The lowest BCUT2D eigenvalue weighted by Crippen LogP contribution is -2.43. The van der Waals surface area contributed by atoms with E-state index in [9.17, 15) is 0 Å². The molecular formula is C20H24N2S. The SMILES string of the molecule is Cc1ccc(Sc2cccc3c2N(C)[C@H]2CCN(C)C[C@@H]32)cc1. The minimum absolute atomic E-state index is 0.660. The van der Waals surface area contributed by atoms with Crippen LogP contribution in [-0.4, -0.2) is 38.1 Å². The van der Waals surface area contributed by atoms with Crippen molar-refractivity contribution in [3.8, 4) is 0 Å². The Labute approximate surface area is 143 Å². The summed E-state index contributed by atoms with van der Waals surface area (Å²) < 4.78 is 0. The Morgan fingerprint density at radius 2 is 1.83 bits per heavy atom. The minimum atomic E-state index is 0.660. The number of fused-ring (bicyclic) bond motifs is 3. The highest BCUT2D eigenvalue weighted by Gasteiger charge is 2.40. The predicted molar refractivity (Wildman–Crippen MR) is 98.8 cm³/mol. The molecule has 3 heteroatoms. The number of rotatable bonds is 2. The summed E-state index contributed by atoms with van der Waals surface area (Å²) in [6.07, 6.45) is 1.26. The molecule has 2 atom stereocenters. The zero-order chi connectivity index (χ0) is 16.0. The van der Waals surface area contributed by atoms with Crippen molar-refractivity contribution in [1.29, 1.82) is 0 Å². The highest BCUT2D eigenvalue weighted by molar-refractivity contribution is 7.99. The van der Waals surface area contributed by atoms with Gasteiger partial charge in [0.05, 0.1) is 5.69 Å². The fourth-order valence-electron chi connectivity index (χ4n) is 4.07. The first-order valence-corrected chi connectivity index (χ1v) is 9.24. The highest BCUT2D eigenvalue weighted by atomic mass is 32.2.